The number of carbonyl (C=O) groups is 1. The Morgan fingerprint density at radius 1 is 1.50 bits per heavy atom. The summed E-state index contributed by atoms with van der Waals surface area (Å²) < 4.78 is 5.35. The van der Waals surface area contributed by atoms with Crippen LogP contribution in [0.25, 0.3) is 11.0 Å². The first-order valence-corrected chi connectivity index (χ1v) is 5.07. The van der Waals surface area contributed by atoms with E-state index in [4.69, 9.17) is 9.52 Å². The molecule has 0 fully saturated rings. The van der Waals surface area contributed by atoms with Gasteiger partial charge in [0.2, 0.25) is 0 Å². The fraction of sp³-hybridized carbons (Fsp3) is 0.250. The number of para-hydroxylation sites is 1. The van der Waals surface area contributed by atoms with E-state index in [2.05, 4.69) is 5.32 Å². The van der Waals surface area contributed by atoms with Gasteiger partial charge in [0.25, 0.3) is 0 Å². The van der Waals surface area contributed by atoms with Crippen molar-refractivity contribution >= 4 is 16.9 Å². The second-order valence-electron chi connectivity index (χ2n) is 3.64. The molecule has 1 heterocycles. The van der Waals surface area contributed by atoms with Crippen LogP contribution in [0.15, 0.2) is 34.9 Å². The number of likely N-dealkylation sites (N-methyl/N-ethyl adjacent to an activating group) is 1. The molecule has 2 N–H and O–H groups in total. The molecule has 4 heteroatoms. The molecule has 4 nitrogen and oxygen atoms in total. The molecule has 0 bridgehead atoms. The lowest BCUT2D eigenvalue weighted by molar-refractivity contribution is -0.139. The molecule has 0 aliphatic heterocycles. The van der Waals surface area contributed by atoms with E-state index >= 15 is 0 Å². The number of furan rings is 1. The SMILES string of the molecule is CN[C@@H](Cc1coc2ccccc12)C(=O)O. The van der Waals surface area contributed by atoms with Gasteiger partial charge in [-0.2, -0.15) is 0 Å². The lowest BCUT2D eigenvalue weighted by atomic mass is 10.1. The third-order valence-electron chi connectivity index (χ3n) is 2.63. The van der Waals surface area contributed by atoms with Crippen LogP contribution >= 0.6 is 0 Å². The summed E-state index contributed by atoms with van der Waals surface area (Å²) in [4.78, 5) is 10.9. The minimum atomic E-state index is -0.854. The lowest BCUT2D eigenvalue weighted by Crippen LogP contribution is -2.35. The molecule has 2 rings (SSSR count). The molecule has 1 aromatic heterocycles. The average molecular weight is 219 g/mol. The molecule has 0 aliphatic rings. The summed E-state index contributed by atoms with van der Waals surface area (Å²) in [6.07, 6.45) is 2.04. The largest absolute Gasteiger partial charge is 0.480 e. The van der Waals surface area contributed by atoms with Crippen molar-refractivity contribution in [3.63, 3.8) is 0 Å². The summed E-state index contributed by atoms with van der Waals surface area (Å²) >= 11 is 0. The van der Waals surface area contributed by atoms with Gasteiger partial charge < -0.3 is 14.8 Å². The maximum Gasteiger partial charge on any atom is 0.321 e. The fourth-order valence-electron chi connectivity index (χ4n) is 1.72. The zero-order valence-corrected chi connectivity index (χ0v) is 8.93. The Morgan fingerprint density at radius 3 is 2.94 bits per heavy atom. The van der Waals surface area contributed by atoms with E-state index in [1.807, 2.05) is 24.3 Å². The Bertz CT molecular complexity index is 504. The molecule has 0 spiro atoms. The normalized spacial score (nSPS) is 12.8. The van der Waals surface area contributed by atoms with Crippen LogP contribution in [0.4, 0.5) is 0 Å². The highest BCUT2D eigenvalue weighted by molar-refractivity contribution is 5.82. The van der Waals surface area contributed by atoms with Crippen molar-refractivity contribution in [1.29, 1.82) is 0 Å². The lowest BCUT2D eigenvalue weighted by Gasteiger charge is -2.09. The van der Waals surface area contributed by atoms with Gasteiger partial charge in [-0.25, -0.2) is 0 Å². The van der Waals surface area contributed by atoms with Crippen molar-refractivity contribution in [3.8, 4) is 0 Å². The Hall–Kier alpha value is -1.81. The van der Waals surface area contributed by atoms with E-state index in [0.717, 1.165) is 16.5 Å². The molecule has 2 aromatic rings. The van der Waals surface area contributed by atoms with Crippen LogP contribution in [0, 0.1) is 0 Å². The number of rotatable bonds is 4. The van der Waals surface area contributed by atoms with Gasteiger partial charge in [-0.3, -0.25) is 4.79 Å². The van der Waals surface area contributed by atoms with Gasteiger partial charge in [-0.05, 0) is 13.1 Å². The van der Waals surface area contributed by atoms with E-state index in [1.54, 1.807) is 13.3 Å². The minimum absolute atomic E-state index is 0.419. The summed E-state index contributed by atoms with van der Waals surface area (Å²) in [6, 6.07) is 7.02. The molecule has 84 valence electrons. The standard InChI is InChI=1S/C12H13NO3/c1-13-10(12(14)15)6-8-7-16-11-5-3-2-4-9(8)11/h2-5,7,10,13H,6H2,1H3,(H,14,15)/t10-/m0/s1. The molecule has 0 saturated heterocycles. The molecule has 0 aliphatic carbocycles. The second-order valence-corrected chi connectivity index (χ2v) is 3.64. The summed E-state index contributed by atoms with van der Waals surface area (Å²) in [5.41, 5.74) is 1.70. The first-order chi connectivity index (χ1) is 7.72. The maximum absolute atomic E-state index is 10.9. The van der Waals surface area contributed by atoms with Gasteiger partial charge in [-0.15, -0.1) is 0 Å². The summed E-state index contributed by atoms with van der Waals surface area (Å²) in [6.45, 7) is 0. The topological polar surface area (TPSA) is 62.5 Å². The predicted molar refractivity (Wildman–Crippen MR) is 60.4 cm³/mol. The highest BCUT2D eigenvalue weighted by Crippen LogP contribution is 2.21. The van der Waals surface area contributed by atoms with Gasteiger partial charge in [0, 0.05) is 17.4 Å². The molecule has 0 radical (unpaired) electrons. The third-order valence-corrected chi connectivity index (χ3v) is 2.63. The van der Waals surface area contributed by atoms with Crippen LogP contribution in [-0.4, -0.2) is 24.2 Å². The van der Waals surface area contributed by atoms with E-state index in [9.17, 15) is 4.79 Å². The van der Waals surface area contributed by atoms with Crippen molar-refractivity contribution in [2.45, 2.75) is 12.5 Å². The molecule has 1 atom stereocenters. The highest BCUT2D eigenvalue weighted by Gasteiger charge is 2.17. The zero-order valence-electron chi connectivity index (χ0n) is 8.93. The number of nitrogens with one attached hydrogen (secondary N) is 1. The van der Waals surface area contributed by atoms with Crippen LogP contribution in [-0.2, 0) is 11.2 Å². The van der Waals surface area contributed by atoms with Gasteiger partial charge in [0.1, 0.15) is 11.6 Å². The van der Waals surface area contributed by atoms with Crippen molar-refractivity contribution in [2.75, 3.05) is 7.05 Å². The van der Waals surface area contributed by atoms with Gasteiger partial charge in [0.05, 0.1) is 6.26 Å². The number of hydrogen-bond acceptors (Lipinski definition) is 3. The Morgan fingerprint density at radius 2 is 2.25 bits per heavy atom. The quantitative estimate of drug-likeness (QED) is 0.820. The van der Waals surface area contributed by atoms with E-state index in [1.165, 1.54) is 0 Å². The zero-order chi connectivity index (χ0) is 11.5. The van der Waals surface area contributed by atoms with Gasteiger partial charge in [-0.1, -0.05) is 18.2 Å². The van der Waals surface area contributed by atoms with Crippen LogP contribution in [0.3, 0.4) is 0 Å². The van der Waals surface area contributed by atoms with E-state index < -0.39 is 12.0 Å². The van der Waals surface area contributed by atoms with Crippen LogP contribution in [0.2, 0.25) is 0 Å². The van der Waals surface area contributed by atoms with Crippen molar-refractivity contribution < 1.29 is 14.3 Å². The first-order valence-electron chi connectivity index (χ1n) is 5.07. The van der Waals surface area contributed by atoms with Crippen LogP contribution in [0.1, 0.15) is 5.56 Å². The number of hydrogen-bond donors (Lipinski definition) is 2. The molecule has 1 aromatic carbocycles. The Balaban J connectivity index is 2.30. The first kappa shape index (κ1) is 10.7. The molecular weight excluding hydrogens is 206 g/mol. The predicted octanol–water partition coefficient (Wildman–Crippen LogP) is 1.65. The Labute approximate surface area is 92.9 Å². The maximum atomic E-state index is 10.9. The monoisotopic (exact) mass is 219 g/mol. The molecule has 16 heavy (non-hydrogen) atoms. The minimum Gasteiger partial charge on any atom is -0.480 e. The third kappa shape index (κ3) is 1.92. The van der Waals surface area contributed by atoms with Crippen LogP contribution < -0.4 is 5.32 Å². The number of carboxylic acids is 1. The number of carboxylic acid groups (broad SMARTS) is 1. The average Bonchev–Trinajstić information content (AvgIpc) is 2.69. The molecular formula is C12H13NO3. The second kappa shape index (κ2) is 4.37. The van der Waals surface area contributed by atoms with Gasteiger partial charge >= 0.3 is 5.97 Å². The number of benzene rings is 1. The van der Waals surface area contributed by atoms with Crippen molar-refractivity contribution in [1.82, 2.24) is 5.32 Å². The van der Waals surface area contributed by atoms with E-state index in [0.29, 0.717) is 6.42 Å². The summed E-state index contributed by atoms with van der Waals surface area (Å²) in [5.74, 6) is -0.854. The molecule has 0 saturated carbocycles. The Kier molecular flexibility index (Phi) is 2.92. The van der Waals surface area contributed by atoms with Crippen LogP contribution in [0.5, 0.6) is 0 Å². The number of aliphatic carboxylic acids is 1. The fourth-order valence-corrected chi connectivity index (χ4v) is 1.72. The number of fused-ring (bicyclic) bond motifs is 1. The summed E-state index contributed by atoms with van der Waals surface area (Å²) in [5, 5.41) is 12.7. The smallest absolute Gasteiger partial charge is 0.321 e. The highest BCUT2D eigenvalue weighted by atomic mass is 16.4. The van der Waals surface area contributed by atoms with Gasteiger partial charge in [0.15, 0.2) is 0 Å². The van der Waals surface area contributed by atoms with Crippen molar-refractivity contribution in [2.24, 2.45) is 0 Å². The van der Waals surface area contributed by atoms with Crippen molar-refractivity contribution in [3.05, 3.63) is 36.1 Å². The molecule has 0 amide bonds. The van der Waals surface area contributed by atoms with E-state index in [-0.39, 0.29) is 0 Å². The summed E-state index contributed by atoms with van der Waals surface area (Å²) in [7, 11) is 1.64. The molecule has 0 unspecified atom stereocenters.